The Morgan fingerprint density at radius 1 is 1.42 bits per heavy atom. The summed E-state index contributed by atoms with van der Waals surface area (Å²) in [7, 11) is 0. The molecule has 1 aliphatic carbocycles. The number of nitrogens with two attached hydrogens (primary N) is 1. The van der Waals surface area contributed by atoms with E-state index in [-0.39, 0.29) is 23.9 Å². The highest BCUT2D eigenvalue weighted by Gasteiger charge is 2.28. The van der Waals surface area contributed by atoms with Crippen molar-refractivity contribution in [2.75, 3.05) is 6.54 Å². The van der Waals surface area contributed by atoms with E-state index >= 15 is 0 Å². The molecule has 2 rings (SSSR count). The zero-order valence-electron chi connectivity index (χ0n) is 11.8. The smallest absolute Gasteiger partial charge is 0.311 e. The summed E-state index contributed by atoms with van der Waals surface area (Å²) in [5.74, 6) is -0.135. The summed E-state index contributed by atoms with van der Waals surface area (Å²) in [5, 5.41) is 0. The van der Waals surface area contributed by atoms with Crippen molar-refractivity contribution in [2.24, 2.45) is 17.6 Å². The van der Waals surface area contributed by atoms with Crippen molar-refractivity contribution in [1.82, 2.24) is 0 Å². The second-order valence-corrected chi connectivity index (χ2v) is 5.60. The Morgan fingerprint density at radius 3 is 2.84 bits per heavy atom. The molecule has 3 heteroatoms. The monoisotopic (exact) mass is 261 g/mol. The summed E-state index contributed by atoms with van der Waals surface area (Å²) >= 11 is 0. The molecular formula is C16H23NO2. The minimum atomic E-state index is -0.200. The van der Waals surface area contributed by atoms with Crippen molar-refractivity contribution in [3.8, 4) is 0 Å². The van der Waals surface area contributed by atoms with E-state index in [2.05, 4.69) is 12.1 Å². The topological polar surface area (TPSA) is 52.3 Å². The van der Waals surface area contributed by atoms with Crippen LogP contribution in [-0.2, 0) is 16.0 Å². The van der Waals surface area contributed by atoms with Crippen LogP contribution in [0.2, 0.25) is 0 Å². The average molecular weight is 261 g/mol. The standard InChI is InChI=1S/C16H23NO2/c1-11(2)14(10-17)16(18)19-15-9-5-7-12-6-3-4-8-13(12)15/h3-4,6,8,11,14-15H,5,7,9-10,17H2,1-2H3. The summed E-state index contributed by atoms with van der Waals surface area (Å²) in [6, 6.07) is 8.24. The molecule has 0 fully saturated rings. The third kappa shape index (κ3) is 3.16. The fraction of sp³-hybridized carbons (Fsp3) is 0.562. The normalized spacial score (nSPS) is 19.9. The Hall–Kier alpha value is -1.35. The van der Waals surface area contributed by atoms with Gasteiger partial charge in [0.25, 0.3) is 0 Å². The van der Waals surface area contributed by atoms with Gasteiger partial charge in [0.05, 0.1) is 5.92 Å². The molecule has 1 aromatic carbocycles. The Balaban J connectivity index is 2.10. The quantitative estimate of drug-likeness (QED) is 0.848. The summed E-state index contributed by atoms with van der Waals surface area (Å²) in [4.78, 5) is 12.2. The first-order valence-corrected chi connectivity index (χ1v) is 7.11. The minimum absolute atomic E-state index is 0.0924. The minimum Gasteiger partial charge on any atom is -0.457 e. The van der Waals surface area contributed by atoms with Gasteiger partial charge in [-0.2, -0.15) is 0 Å². The van der Waals surface area contributed by atoms with Crippen LogP contribution in [0.1, 0.15) is 43.9 Å². The molecule has 0 aliphatic heterocycles. The molecule has 0 radical (unpaired) electrons. The van der Waals surface area contributed by atoms with E-state index in [1.165, 1.54) is 11.1 Å². The molecule has 2 atom stereocenters. The molecule has 2 N–H and O–H groups in total. The van der Waals surface area contributed by atoms with Gasteiger partial charge < -0.3 is 10.5 Å². The van der Waals surface area contributed by atoms with Crippen LogP contribution >= 0.6 is 0 Å². The van der Waals surface area contributed by atoms with Crippen LogP contribution in [0.25, 0.3) is 0 Å². The summed E-state index contributed by atoms with van der Waals surface area (Å²) in [6.45, 7) is 4.37. The van der Waals surface area contributed by atoms with Crippen LogP contribution in [-0.4, -0.2) is 12.5 Å². The van der Waals surface area contributed by atoms with Crippen molar-refractivity contribution in [3.05, 3.63) is 35.4 Å². The highest BCUT2D eigenvalue weighted by Crippen LogP contribution is 2.33. The molecule has 1 aliphatic rings. The fourth-order valence-corrected chi connectivity index (χ4v) is 2.70. The maximum absolute atomic E-state index is 12.2. The maximum Gasteiger partial charge on any atom is 0.311 e. The highest BCUT2D eigenvalue weighted by atomic mass is 16.5. The van der Waals surface area contributed by atoms with Crippen LogP contribution in [0.3, 0.4) is 0 Å². The second kappa shape index (κ2) is 6.20. The highest BCUT2D eigenvalue weighted by molar-refractivity contribution is 5.73. The molecule has 3 nitrogen and oxygen atoms in total. The number of carbonyl (C=O) groups excluding carboxylic acids is 1. The van der Waals surface area contributed by atoms with E-state index in [0.29, 0.717) is 6.54 Å². The van der Waals surface area contributed by atoms with E-state index in [0.717, 1.165) is 19.3 Å². The molecule has 104 valence electrons. The third-order valence-electron chi connectivity index (χ3n) is 3.93. The van der Waals surface area contributed by atoms with Gasteiger partial charge in [0, 0.05) is 6.54 Å². The van der Waals surface area contributed by atoms with Crippen molar-refractivity contribution < 1.29 is 9.53 Å². The predicted octanol–water partition coefficient (Wildman–Crippen LogP) is 2.84. The van der Waals surface area contributed by atoms with Gasteiger partial charge in [0.15, 0.2) is 0 Å². The summed E-state index contributed by atoms with van der Waals surface area (Å²) in [5.41, 5.74) is 8.15. The molecule has 0 bridgehead atoms. The Bertz CT molecular complexity index is 442. The van der Waals surface area contributed by atoms with Gasteiger partial charge in [0.2, 0.25) is 0 Å². The molecule has 0 aromatic heterocycles. The van der Waals surface area contributed by atoms with Gasteiger partial charge in [-0.05, 0) is 36.3 Å². The van der Waals surface area contributed by atoms with E-state index in [9.17, 15) is 4.79 Å². The van der Waals surface area contributed by atoms with Crippen LogP contribution < -0.4 is 5.73 Å². The lowest BCUT2D eigenvalue weighted by atomic mass is 9.89. The first-order chi connectivity index (χ1) is 9.13. The van der Waals surface area contributed by atoms with E-state index in [1.807, 2.05) is 26.0 Å². The number of fused-ring (bicyclic) bond motifs is 1. The Kier molecular flexibility index (Phi) is 4.59. The number of aryl methyl sites for hydroxylation is 1. The van der Waals surface area contributed by atoms with Gasteiger partial charge in [-0.1, -0.05) is 38.1 Å². The van der Waals surface area contributed by atoms with Crippen LogP contribution in [0.4, 0.5) is 0 Å². The molecule has 1 aromatic rings. The van der Waals surface area contributed by atoms with E-state index in [1.54, 1.807) is 0 Å². The lowest BCUT2D eigenvalue weighted by Gasteiger charge is -2.27. The van der Waals surface area contributed by atoms with E-state index in [4.69, 9.17) is 10.5 Å². The predicted molar refractivity (Wildman–Crippen MR) is 75.6 cm³/mol. The average Bonchev–Trinajstić information content (AvgIpc) is 2.39. The maximum atomic E-state index is 12.2. The van der Waals surface area contributed by atoms with Crippen LogP contribution in [0.15, 0.2) is 24.3 Å². The first-order valence-electron chi connectivity index (χ1n) is 7.11. The largest absolute Gasteiger partial charge is 0.457 e. The fourth-order valence-electron chi connectivity index (χ4n) is 2.70. The third-order valence-corrected chi connectivity index (χ3v) is 3.93. The van der Waals surface area contributed by atoms with Gasteiger partial charge >= 0.3 is 5.97 Å². The lowest BCUT2D eigenvalue weighted by Crippen LogP contribution is -2.31. The van der Waals surface area contributed by atoms with Gasteiger partial charge in [-0.25, -0.2) is 0 Å². The number of hydrogen-bond acceptors (Lipinski definition) is 3. The second-order valence-electron chi connectivity index (χ2n) is 5.60. The van der Waals surface area contributed by atoms with Gasteiger partial charge in [-0.15, -0.1) is 0 Å². The Morgan fingerprint density at radius 2 is 2.16 bits per heavy atom. The molecule has 0 heterocycles. The molecule has 0 saturated heterocycles. The number of ether oxygens (including phenoxy) is 1. The van der Waals surface area contributed by atoms with Crippen molar-refractivity contribution in [1.29, 1.82) is 0 Å². The zero-order chi connectivity index (χ0) is 13.8. The number of carbonyl (C=O) groups is 1. The number of rotatable bonds is 4. The first kappa shape index (κ1) is 14.1. The van der Waals surface area contributed by atoms with Gasteiger partial charge in [-0.3, -0.25) is 4.79 Å². The number of benzene rings is 1. The molecule has 0 spiro atoms. The van der Waals surface area contributed by atoms with Crippen molar-refractivity contribution in [3.63, 3.8) is 0 Å². The summed E-state index contributed by atoms with van der Waals surface area (Å²) in [6.07, 6.45) is 2.97. The molecule has 0 saturated carbocycles. The van der Waals surface area contributed by atoms with Crippen LogP contribution in [0.5, 0.6) is 0 Å². The zero-order valence-corrected chi connectivity index (χ0v) is 11.8. The van der Waals surface area contributed by atoms with Crippen molar-refractivity contribution in [2.45, 2.75) is 39.2 Å². The summed E-state index contributed by atoms with van der Waals surface area (Å²) < 4.78 is 5.71. The molecule has 0 amide bonds. The molecule has 2 unspecified atom stereocenters. The molecule has 19 heavy (non-hydrogen) atoms. The molecular weight excluding hydrogens is 238 g/mol. The van der Waals surface area contributed by atoms with Gasteiger partial charge in [0.1, 0.15) is 6.10 Å². The van der Waals surface area contributed by atoms with E-state index < -0.39 is 0 Å². The number of esters is 1. The number of hydrogen-bond donors (Lipinski definition) is 1. The lowest BCUT2D eigenvalue weighted by molar-refractivity contribution is -0.156. The SMILES string of the molecule is CC(C)C(CN)C(=O)OC1CCCc2ccccc21. The van der Waals surface area contributed by atoms with Crippen molar-refractivity contribution >= 4 is 5.97 Å². The Labute approximate surface area is 115 Å². The van der Waals surface area contributed by atoms with Crippen LogP contribution in [0, 0.1) is 11.8 Å².